The first-order valence-corrected chi connectivity index (χ1v) is 43.3. The first-order valence-electron chi connectivity index (χ1n) is 40.1. The van der Waals surface area contributed by atoms with Crippen LogP contribution in [-0.4, -0.2) is 125 Å². The second kappa shape index (κ2) is 39.4. The van der Waals surface area contributed by atoms with Crippen molar-refractivity contribution in [3.05, 3.63) is 204 Å². The standard InChI is InChI=1S/C24H31BrN4O2.C23H27BrN4O2.C22H29BrN4O2.C17H21BrN4O3/c1-15-19-11-17(24(19,2)3)12-20(15)28(4)21-13-27-29(23(31)22(21)25)14-18(30)6-5-16-7-9-26-10-8-16;24-21-20(27-22-17-8-15-7-16(10-17)11-18(22)9-15)12-26-28(23(21)30)13-19(29)2-1-14-3-5-25-6-4-14;1-15-10-17(12-22(2,3)11-15)26-19-13-25-27(21(29)20(19)23)14-18(28)5-4-16-6-8-24-9-7-16;1-17(2,11-23)21-14-9-20-22(16(25)15(14)18)10-13(24)4-3-12-5-7-19-8-6-12/h7-10,13,15,17,19-20H,5-6,11-12,14H2,1-4H3;3-6,12,15-18,22,27H,1-2,7-11,13H2;6-9,13,15,17,26H,4-5,10-12,14H2,1-3H3;5-9,21,23H,3-4,10-11H2,1-2H3/t15-,17+,19-,20-;;;/m1.../s1. The second-order valence-electron chi connectivity index (χ2n) is 34.5. The van der Waals surface area contributed by atoms with Crippen LogP contribution < -0.4 is 43.1 Å². The monoisotopic (exact) mass is 1820 g/mol. The van der Waals surface area contributed by atoms with Gasteiger partial charge in [-0.2, -0.15) is 20.4 Å². The molecule has 8 aromatic rings. The van der Waals surface area contributed by atoms with Crippen molar-refractivity contribution >= 4 is 110 Å². The summed E-state index contributed by atoms with van der Waals surface area (Å²) in [6.45, 7) is 17.4. The van der Waals surface area contributed by atoms with E-state index >= 15 is 0 Å². The molecule has 8 heterocycles. The highest BCUT2D eigenvalue weighted by molar-refractivity contribution is 9.11. The Hall–Kier alpha value is -8.12. The molecular weight excluding hydrogens is 1720 g/mol. The molecule has 6 atom stereocenters. The molecule has 0 saturated heterocycles. The van der Waals surface area contributed by atoms with Crippen molar-refractivity contribution in [3.8, 4) is 0 Å². The van der Waals surface area contributed by atoms with Gasteiger partial charge in [0.15, 0.2) is 23.1 Å². The highest BCUT2D eigenvalue weighted by Gasteiger charge is 2.57. The normalized spacial score (nSPS) is 22.4. The number of anilines is 4. The van der Waals surface area contributed by atoms with E-state index in [1.807, 2.05) is 48.5 Å². The zero-order chi connectivity index (χ0) is 82.5. The van der Waals surface area contributed by atoms with Crippen LogP contribution in [0.4, 0.5) is 22.7 Å². The topological polar surface area (TPSA) is 319 Å². The van der Waals surface area contributed by atoms with Crippen molar-refractivity contribution in [3.63, 3.8) is 0 Å². The number of fused-ring (bicyclic) bond motifs is 2. The molecule has 6 bridgehead atoms. The van der Waals surface area contributed by atoms with Crippen LogP contribution in [0.15, 0.2) is 160 Å². The lowest BCUT2D eigenvalue weighted by Crippen LogP contribution is -2.60. The predicted molar refractivity (Wildman–Crippen MR) is 460 cm³/mol. The van der Waals surface area contributed by atoms with Gasteiger partial charge in [0.25, 0.3) is 22.2 Å². The van der Waals surface area contributed by atoms with E-state index in [1.165, 1.54) is 65.2 Å². The highest BCUT2D eigenvalue weighted by atomic mass is 79.9. The lowest BCUT2D eigenvalue weighted by Gasteiger charge is -2.63. The highest BCUT2D eigenvalue weighted by Crippen LogP contribution is 2.62. The first kappa shape index (κ1) is 87.7. The van der Waals surface area contributed by atoms with Crippen LogP contribution in [-0.2, 0) is 71.0 Å². The number of halogens is 4. The molecule has 2 unspecified atom stereocenters. The van der Waals surface area contributed by atoms with E-state index in [-0.39, 0.29) is 82.5 Å². The Labute approximate surface area is 705 Å². The molecule has 115 heavy (non-hydrogen) atoms. The van der Waals surface area contributed by atoms with Gasteiger partial charge < -0.3 is 26.0 Å². The summed E-state index contributed by atoms with van der Waals surface area (Å²) in [5.41, 5.74) is 5.88. The number of carbonyl (C=O) groups excluding carboxylic acids is 4. The summed E-state index contributed by atoms with van der Waals surface area (Å²) in [5, 5.41) is 36.4. The first-order chi connectivity index (χ1) is 54.8. The van der Waals surface area contributed by atoms with Gasteiger partial charge in [0.05, 0.1) is 59.7 Å². The Balaban J connectivity index is 0.000000151. The Bertz CT molecular complexity index is 4910. The Morgan fingerprint density at radius 2 is 0.861 bits per heavy atom. The number of carbonyl (C=O) groups is 4. The van der Waals surface area contributed by atoms with Crippen molar-refractivity contribution < 1.29 is 24.3 Å². The van der Waals surface area contributed by atoms with Gasteiger partial charge >= 0.3 is 0 Å². The molecule has 0 amide bonds. The van der Waals surface area contributed by atoms with Gasteiger partial charge in [0.1, 0.15) is 44.1 Å². The average Bonchev–Trinajstić information content (AvgIpc) is 0.715. The van der Waals surface area contributed by atoms with Crippen LogP contribution in [0.25, 0.3) is 0 Å². The summed E-state index contributed by atoms with van der Waals surface area (Å²) >= 11 is 13.6. The van der Waals surface area contributed by atoms with E-state index in [1.54, 1.807) is 82.0 Å². The van der Waals surface area contributed by atoms with Gasteiger partial charge in [0, 0.05) is 100 Å². The number of aliphatic hydroxyl groups is 1. The number of aliphatic hydroxyl groups excluding tert-OH is 1. The molecule has 8 aliphatic rings. The van der Waals surface area contributed by atoms with E-state index in [9.17, 15) is 43.5 Å². The third-order valence-electron chi connectivity index (χ3n) is 24.3. The Morgan fingerprint density at radius 1 is 0.496 bits per heavy atom. The van der Waals surface area contributed by atoms with Crippen LogP contribution in [0.3, 0.4) is 0 Å². The Morgan fingerprint density at radius 3 is 1.23 bits per heavy atom. The number of nitrogens with zero attached hydrogens (tertiary/aromatic N) is 13. The van der Waals surface area contributed by atoms with Crippen molar-refractivity contribution in [2.75, 3.05) is 34.5 Å². The molecular formula is C86H108Br4N16O9. The second-order valence-corrected chi connectivity index (χ2v) is 37.7. The fraction of sp³-hybridized carbons (Fsp3) is 0.535. The van der Waals surface area contributed by atoms with Crippen LogP contribution in [0.5, 0.6) is 0 Å². The number of aryl methyl sites for hydroxylation is 4. The van der Waals surface area contributed by atoms with Crippen molar-refractivity contribution in [2.24, 2.45) is 58.2 Å². The minimum atomic E-state index is -0.594. The third kappa shape index (κ3) is 23.2. The van der Waals surface area contributed by atoms with Crippen molar-refractivity contribution in [1.82, 2.24) is 59.1 Å². The van der Waals surface area contributed by atoms with Crippen LogP contribution in [0.1, 0.15) is 168 Å². The van der Waals surface area contributed by atoms with Crippen LogP contribution >= 0.6 is 63.7 Å². The zero-order valence-corrected chi connectivity index (χ0v) is 73.5. The maximum absolute atomic E-state index is 12.9. The number of nitrogens with one attached hydrogen (secondary N) is 3. The van der Waals surface area contributed by atoms with E-state index in [2.05, 4.69) is 173 Å². The van der Waals surface area contributed by atoms with Gasteiger partial charge in [-0.15, -0.1) is 0 Å². The molecule has 16 rings (SSSR count). The molecule has 0 aliphatic heterocycles. The third-order valence-corrected chi connectivity index (χ3v) is 27.4. The van der Waals surface area contributed by atoms with Crippen LogP contribution in [0, 0.1) is 58.2 Å². The van der Waals surface area contributed by atoms with E-state index in [0.29, 0.717) is 123 Å². The summed E-state index contributed by atoms with van der Waals surface area (Å²) in [5.74, 6) is 5.82. The molecule has 8 aliphatic carbocycles. The molecule has 25 nitrogen and oxygen atoms in total. The largest absolute Gasteiger partial charge is 0.394 e. The SMILES string of the molecule is CC(C)(CO)Nc1cnn(CC(=O)CCc2ccncc2)c(=O)c1Br.CC1CC(Nc2cnn(CC(=O)CCc3ccncc3)c(=O)c2Br)CC(C)(C)C1.C[C@H]1[C@H](N(C)c2cnn(CC(=O)CCc3ccncc3)c(=O)c2Br)C[C@@H]2C[C@H]1C2(C)C.O=C(CCc1ccncc1)Cn1ncc(NC2C3CC4CC(C3)CC2C4)c(Br)c1=O. The number of rotatable bonds is 29. The number of hydrogen-bond acceptors (Lipinski definition) is 21. The average molecular weight is 1830 g/mol. The molecule has 8 aromatic heterocycles. The van der Waals surface area contributed by atoms with Gasteiger partial charge in [-0.3, -0.25) is 58.3 Å². The maximum Gasteiger partial charge on any atom is 0.283 e. The summed E-state index contributed by atoms with van der Waals surface area (Å²) in [4.78, 5) is 118. The smallest absolute Gasteiger partial charge is 0.283 e. The number of ketones is 4. The summed E-state index contributed by atoms with van der Waals surface area (Å²) in [6, 6.07) is 16.2. The van der Waals surface area contributed by atoms with Gasteiger partial charge in [-0.1, -0.05) is 41.5 Å². The lowest BCUT2D eigenvalue weighted by molar-refractivity contribution is -0.120. The summed E-state index contributed by atoms with van der Waals surface area (Å²) in [7, 11) is 2.06. The lowest BCUT2D eigenvalue weighted by atomic mass is 9.44. The molecule has 8 fully saturated rings. The molecule has 0 radical (unpaired) electrons. The number of hydrogen-bond donors (Lipinski definition) is 4. The quantitative estimate of drug-likeness (QED) is 0.0338. The van der Waals surface area contributed by atoms with E-state index < -0.39 is 11.1 Å². The van der Waals surface area contributed by atoms with Gasteiger partial charge in [0.2, 0.25) is 0 Å². The minimum Gasteiger partial charge on any atom is -0.394 e. The molecule has 0 spiro atoms. The molecule has 4 N–H and O–H groups in total. The maximum atomic E-state index is 12.9. The minimum absolute atomic E-state index is 0.000829. The van der Waals surface area contributed by atoms with Crippen molar-refractivity contribution in [2.45, 2.75) is 221 Å². The summed E-state index contributed by atoms with van der Waals surface area (Å²) < 4.78 is 6.58. The number of aromatic nitrogens is 12. The fourth-order valence-electron chi connectivity index (χ4n) is 18.4. The summed E-state index contributed by atoms with van der Waals surface area (Å²) in [6.07, 6.45) is 36.7. The molecule has 8 saturated carbocycles. The molecule has 29 heteroatoms. The van der Waals surface area contributed by atoms with Gasteiger partial charge in [-0.05, 0) is 296 Å². The zero-order valence-electron chi connectivity index (χ0n) is 67.2. The Kier molecular flexibility index (Phi) is 30.1. The molecule has 614 valence electrons. The van der Waals surface area contributed by atoms with Crippen molar-refractivity contribution in [1.29, 1.82) is 0 Å². The van der Waals surface area contributed by atoms with Crippen LogP contribution in [0.2, 0.25) is 0 Å². The fourth-order valence-corrected chi connectivity index (χ4v) is 20.2. The molecule has 0 aromatic carbocycles. The number of Topliss-reactive ketones (excluding diaryl/α,β-unsaturated/α-hetero) is 4. The number of pyridine rings is 4. The van der Waals surface area contributed by atoms with E-state index in [0.717, 1.165) is 81.2 Å². The predicted octanol–water partition coefficient (Wildman–Crippen LogP) is 14.0. The van der Waals surface area contributed by atoms with Gasteiger partial charge in [-0.25, -0.2) is 18.7 Å². The van der Waals surface area contributed by atoms with E-state index in [4.69, 9.17) is 0 Å².